The van der Waals surface area contributed by atoms with Gasteiger partial charge >= 0.3 is 6.03 Å². The van der Waals surface area contributed by atoms with E-state index < -0.39 is 0 Å². The zero-order chi connectivity index (χ0) is 22.9. The van der Waals surface area contributed by atoms with Crippen molar-refractivity contribution in [1.29, 1.82) is 0 Å². The molecule has 2 aromatic carbocycles. The molecule has 2 atom stereocenters. The Morgan fingerprint density at radius 3 is 2.58 bits per heavy atom. The zero-order valence-corrected chi connectivity index (χ0v) is 19.6. The SMILES string of the molecule is COc1ccccc1NC(=O)N1C[C@@H]2C[C@H](C1)c1c(-c3ccc(SC)cc3)ccc(=O)n1C2. The fourth-order valence-electron chi connectivity index (χ4n) is 5.14. The summed E-state index contributed by atoms with van der Waals surface area (Å²) in [6, 6.07) is 19.4. The number of thioether (sulfide) groups is 1. The monoisotopic (exact) mass is 461 g/mol. The van der Waals surface area contributed by atoms with Gasteiger partial charge in [0.05, 0.1) is 12.8 Å². The number of para-hydroxylation sites is 2. The summed E-state index contributed by atoms with van der Waals surface area (Å²) in [7, 11) is 1.60. The van der Waals surface area contributed by atoms with Gasteiger partial charge in [-0.1, -0.05) is 24.3 Å². The van der Waals surface area contributed by atoms with Crippen molar-refractivity contribution in [2.75, 3.05) is 31.8 Å². The van der Waals surface area contributed by atoms with Crippen molar-refractivity contribution in [3.63, 3.8) is 0 Å². The number of methoxy groups -OCH3 is 1. The number of anilines is 1. The molecule has 3 heterocycles. The number of likely N-dealkylation sites (tertiary alicyclic amines) is 1. The number of aromatic nitrogens is 1. The molecule has 2 aliphatic rings. The molecule has 0 unspecified atom stereocenters. The third-order valence-electron chi connectivity index (χ3n) is 6.63. The van der Waals surface area contributed by atoms with Crippen LogP contribution < -0.4 is 15.6 Å². The lowest BCUT2D eigenvalue weighted by molar-refractivity contribution is 0.140. The lowest BCUT2D eigenvalue weighted by Gasteiger charge is -2.43. The Morgan fingerprint density at radius 1 is 1.03 bits per heavy atom. The highest BCUT2D eigenvalue weighted by Gasteiger charge is 2.38. The van der Waals surface area contributed by atoms with Crippen LogP contribution in [0.3, 0.4) is 0 Å². The summed E-state index contributed by atoms with van der Waals surface area (Å²) in [5, 5.41) is 3.01. The van der Waals surface area contributed by atoms with Crippen LogP contribution >= 0.6 is 11.8 Å². The van der Waals surface area contributed by atoms with Crippen LogP contribution in [0.5, 0.6) is 5.75 Å². The highest BCUT2D eigenvalue weighted by Crippen LogP contribution is 2.40. The molecule has 1 saturated heterocycles. The molecule has 0 saturated carbocycles. The van der Waals surface area contributed by atoms with Gasteiger partial charge in [-0.05, 0) is 54.5 Å². The molecule has 2 amide bonds. The quantitative estimate of drug-likeness (QED) is 0.562. The van der Waals surface area contributed by atoms with Crippen LogP contribution in [0.2, 0.25) is 0 Å². The molecule has 0 aliphatic carbocycles. The first-order valence-electron chi connectivity index (χ1n) is 11.1. The van der Waals surface area contributed by atoms with Gasteiger partial charge in [-0.3, -0.25) is 4.79 Å². The Hall–Kier alpha value is -3.19. The molecule has 1 aromatic heterocycles. The number of nitrogens with zero attached hydrogens (tertiary/aromatic N) is 2. The Balaban J connectivity index is 1.45. The van der Waals surface area contributed by atoms with Crippen molar-refractivity contribution in [2.45, 2.75) is 23.8 Å². The van der Waals surface area contributed by atoms with E-state index in [2.05, 4.69) is 35.8 Å². The fourth-order valence-corrected chi connectivity index (χ4v) is 5.55. The summed E-state index contributed by atoms with van der Waals surface area (Å²) in [5.74, 6) is 1.01. The third-order valence-corrected chi connectivity index (χ3v) is 7.37. The van der Waals surface area contributed by atoms with Gasteiger partial charge < -0.3 is 19.5 Å². The second-order valence-corrected chi connectivity index (χ2v) is 9.52. The number of hydrogen-bond acceptors (Lipinski definition) is 4. The van der Waals surface area contributed by atoms with Gasteiger partial charge in [0.25, 0.3) is 5.56 Å². The minimum atomic E-state index is -0.133. The summed E-state index contributed by atoms with van der Waals surface area (Å²) in [6.07, 6.45) is 3.05. The molecular weight excluding hydrogens is 434 g/mol. The van der Waals surface area contributed by atoms with E-state index in [1.807, 2.05) is 39.8 Å². The first-order chi connectivity index (χ1) is 16.1. The number of carbonyl (C=O) groups is 1. The number of piperidine rings is 1. The van der Waals surface area contributed by atoms with E-state index in [0.717, 1.165) is 23.2 Å². The van der Waals surface area contributed by atoms with E-state index in [1.54, 1.807) is 24.9 Å². The summed E-state index contributed by atoms with van der Waals surface area (Å²) in [4.78, 5) is 29.0. The Kier molecular flexibility index (Phi) is 5.89. The van der Waals surface area contributed by atoms with Gasteiger partial charge in [0.15, 0.2) is 0 Å². The number of hydrogen-bond donors (Lipinski definition) is 1. The minimum Gasteiger partial charge on any atom is -0.495 e. The molecule has 2 bridgehead atoms. The molecule has 33 heavy (non-hydrogen) atoms. The van der Waals surface area contributed by atoms with Crippen LogP contribution in [0.25, 0.3) is 11.1 Å². The molecule has 7 heteroatoms. The normalized spacial score (nSPS) is 19.0. The Bertz CT molecular complexity index is 1240. The maximum absolute atomic E-state index is 13.2. The lowest BCUT2D eigenvalue weighted by Crippen LogP contribution is -2.50. The molecule has 3 aromatic rings. The van der Waals surface area contributed by atoms with Gasteiger partial charge in [-0.25, -0.2) is 4.79 Å². The second kappa shape index (κ2) is 8.98. The fraction of sp³-hybridized carbons (Fsp3) is 0.308. The number of benzene rings is 2. The van der Waals surface area contributed by atoms with E-state index in [0.29, 0.717) is 31.1 Å². The third kappa shape index (κ3) is 4.13. The number of amides is 2. The number of rotatable bonds is 4. The van der Waals surface area contributed by atoms with Crippen molar-refractivity contribution in [3.8, 4) is 16.9 Å². The van der Waals surface area contributed by atoms with E-state index in [1.165, 1.54) is 4.90 Å². The van der Waals surface area contributed by atoms with Gasteiger partial charge in [-0.15, -0.1) is 11.8 Å². The highest BCUT2D eigenvalue weighted by molar-refractivity contribution is 7.98. The van der Waals surface area contributed by atoms with Gasteiger partial charge in [0, 0.05) is 47.8 Å². The molecule has 2 aliphatic heterocycles. The first kappa shape index (κ1) is 21.6. The van der Waals surface area contributed by atoms with Crippen molar-refractivity contribution >= 4 is 23.5 Å². The van der Waals surface area contributed by atoms with Crippen LogP contribution in [0.15, 0.2) is 70.4 Å². The van der Waals surface area contributed by atoms with Gasteiger partial charge in [-0.2, -0.15) is 0 Å². The molecule has 1 N–H and O–H groups in total. The largest absolute Gasteiger partial charge is 0.495 e. The van der Waals surface area contributed by atoms with Crippen LogP contribution in [0, 0.1) is 5.92 Å². The average Bonchev–Trinajstić information content (AvgIpc) is 2.85. The average molecular weight is 462 g/mol. The zero-order valence-electron chi connectivity index (χ0n) is 18.8. The number of fused-ring (bicyclic) bond motifs is 4. The second-order valence-electron chi connectivity index (χ2n) is 8.64. The van der Waals surface area contributed by atoms with Crippen LogP contribution in [0.4, 0.5) is 10.5 Å². The van der Waals surface area contributed by atoms with Crippen molar-refractivity contribution in [3.05, 3.63) is 76.7 Å². The van der Waals surface area contributed by atoms with E-state index in [4.69, 9.17) is 4.74 Å². The molecule has 5 rings (SSSR count). The van der Waals surface area contributed by atoms with Gasteiger partial charge in [0.1, 0.15) is 5.75 Å². The topological polar surface area (TPSA) is 63.6 Å². The lowest BCUT2D eigenvalue weighted by atomic mass is 9.80. The number of ether oxygens (including phenoxy) is 1. The Morgan fingerprint density at radius 2 is 1.82 bits per heavy atom. The smallest absolute Gasteiger partial charge is 0.321 e. The summed E-state index contributed by atoms with van der Waals surface area (Å²) < 4.78 is 7.31. The molecule has 0 radical (unpaired) electrons. The van der Waals surface area contributed by atoms with Crippen molar-refractivity contribution in [2.24, 2.45) is 5.92 Å². The van der Waals surface area contributed by atoms with Crippen LogP contribution in [0.1, 0.15) is 18.0 Å². The first-order valence-corrected chi connectivity index (χ1v) is 12.4. The molecule has 0 spiro atoms. The minimum absolute atomic E-state index is 0.0381. The van der Waals surface area contributed by atoms with E-state index in [9.17, 15) is 9.59 Å². The molecular formula is C26H27N3O3S. The Labute approximate surface area is 197 Å². The van der Waals surface area contributed by atoms with E-state index in [-0.39, 0.29) is 23.4 Å². The maximum Gasteiger partial charge on any atom is 0.321 e. The number of pyridine rings is 1. The summed E-state index contributed by atoms with van der Waals surface area (Å²) in [5.41, 5.74) is 3.93. The van der Waals surface area contributed by atoms with Crippen LogP contribution in [-0.2, 0) is 6.54 Å². The highest BCUT2D eigenvalue weighted by atomic mass is 32.2. The summed E-state index contributed by atoms with van der Waals surface area (Å²) in [6.45, 7) is 1.85. The molecule has 1 fully saturated rings. The molecule has 6 nitrogen and oxygen atoms in total. The van der Waals surface area contributed by atoms with Crippen molar-refractivity contribution < 1.29 is 9.53 Å². The maximum atomic E-state index is 13.2. The number of nitrogens with one attached hydrogen (secondary N) is 1. The number of carbonyl (C=O) groups excluding carboxylic acids is 1. The standard InChI is InChI=1S/C26H27N3O3S/c1-32-23-6-4-3-5-22(23)27-26(31)28-14-17-13-19(16-28)25-21(11-12-24(30)29(25)15-17)18-7-9-20(33-2)10-8-18/h3-12,17,19H,13-16H2,1-2H3,(H,27,31)/t17-,19+/m0/s1. The predicted molar refractivity (Wildman–Crippen MR) is 132 cm³/mol. The predicted octanol–water partition coefficient (Wildman–Crippen LogP) is 4.90. The summed E-state index contributed by atoms with van der Waals surface area (Å²) >= 11 is 1.71. The number of urea groups is 1. The van der Waals surface area contributed by atoms with Gasteiger partial charge in [0.2, 0.25) is 0 Å². The van der Waals surface area contributed by atoms with Crippen LogP contribution in [-0.4, -0.2) is 42.0 Å². The van der Waals surface area contributed by atoms with Crippen molar-refractivity contribution in [1.82, 2.24) is 9.47 Å². The molecule has 170 valence electrons. The van der Waals surface area contributed by atoms with E-state index >= 15 is 0 Å².